The molecule has 0 unspecified atom stereocenters. The lowest BCUT2D eigenvalue weighted by atomic mass is 10.0. The molecule has 0 aromatic heterocycles. The van der Waals surface area contributed by atoms with Gasteiger partial charge in [0.2, 0.25) is 0 Å². The van der Waals surface area contributed by atoms with Gasteiger partial charge in [-0.25, -0.2) is 0 Å². The van der Waals surface area contributed by atoms with E-state index in [4.69, 9.17) is 23.2 Å². The molecule has 0 N–H and O–H groups in total. The van der Waals surface area contributed by atoms with Crippen LogP contribution >= 0.6 is 23.2 Å². The molecule has 10 heteroatoms. The molecule has 0 saturated carbocycles. The molecule has 0 amide bonds. The summed E-state index contributed by atoms with van der Waals surface area (Å²) >= 11 is 11.5. The van der Waals surface area contributed by atoms with E-state index >= 15 is 0 Å². The quantitative estimate of drug-likeness (QED) is 0.610. The predicted octanol–water partition coefficient (Wildman–Crippen LogP) is 2.55. The van der Waals surface area contributed by atoms with E-state index in [1.165, 1.54) is 12.1 Å². The number of rotatable bonds is 4. The Morgan fingerprint density at radius 3 is 1.43 bits per heavy atom. The van der Waals surface area contributed by atoms with Gasteiger partial charge in [0.05, 0.1) is 9.85 Å². The molecule has 2 aromatic rings. The van der Waals surface area contributed by atoms with Gasteiger partial charge in [-0.2, -0.15) is 0 Å². The van der Waals surface area contributed by atoms with Gasteiger partial charge < -0.3 is 10.2 Å². The van der Waals surface area contributed by atoms with Crippen molar-refractivity contribution in [1.29, 1.82) is 0 Å². The molecule has 0 bridgehead atoms. The summed E-state index contributed by atoms with van der Waals surface area (Å²) < 4.78 is 0. The molecule has 23 heavy (non-hydrogen) atoms. The Bertz CT molecular complexity index is 757. The van der Waals surface area contributed by atoms with Crippen LogP contribution in [0.15, 0.2) is 24.3 Å². The highest BCUT2D eigenvalue weighted by Crippen LogP contribution is 2.36. The van der Waals surface area contributed by atoms with Crippen LogP contribution in [0.25, 0.3) is 0 Å². The van der Waals surface area contributed by atoms with Gasteiger partial charge in [-0.1, -0.05) is 23.2 Å². The SMILES string of the molecule is O=[N+]([O-])c1cc(Cl)cc(Cc2cc(Cl)cc([N+](=O)[O-])c2[O-])c1[O-]. The Hall–Kier alpha value is -2.58. The number of hydrogen-bond acceptors (Lipinski definition) is 6. The molecule has 0 atom stereocenters. The second-order valence-corrected chi connectivity index (χ2v) is 5.39. The van der Waals surface area contributed by atoms with Crippen molar-refractivity contribution < 1.29 is 20.1 Å². The third kappa shape index (κ3) is 3.43. The zero-order valence-corrected chi connectivity index (χ0v) is 12.6. The van der Waals surface area contributed by atoms with E-state index in [0.29, 0.717) is 0 Å². The Morgan fingerprint density at radius 2 is 1.13 bits per heavy atom. The fourth-order valence-electron chi connectivity index (χ4n) is 2.01. The molecular weight excluding hydrogens is 351 g/mol. The highest BCUT2D eigenvalue weighted by Gasteiger charge is 2.16. The van der Waals surface area contributed by atoms with Gasteiger partial charge in [0.1, 0.15) is 0 Å². The van der Waals surface area contributed by atoms with Gasteiger partial charge in [0, 0.05) is 22.2 Å². The van der Waals surface area contributed by atoms with Crippen molar-refractivity contribution in [2.45, 2.75) is 6.42 Å². The molecule has 0 aliphatic carbocycles. The summed E-state index contributed by atoms with van der Waals surface area (Å²) in [7, 11) is 0. The van der Waals surface area contributed by atoms with Crippen LogP contribution < -0.4 is 10.2 Å². The second kappa shape index (κ2) is 6.27. The fourth-order valence-corrected chi connectivity index (χ4v) is 2.48. The van der Waals surface area contributed by atoms with Crippen molar-refractivity contribution in [2.24, 2.45) is 0 Å². The molecular formula is C13H6Cl2N2O6-2. The summed E-state index contributed by atoms with van der Waals surface area (Å²) in [5.41, 5.74) is -1.73. The van der Waals surface area contributed by atoms with E-state index in [-0.39, 0.29) is 27.6 Å². The van der Waals surface area contributed by atoms with Crippen molar-refractivity contribution in [3.05, 3.63) is 65.7 Å². The van der Waals surface area contributed by atoms with Gasteiger partial charge >= 0.3 is 0 Å². The average Bonchev–Trinajstić information content (AvgIpc) is 2.45. The van der Waals surface area contributed by atoms with Gasteiger partial charge in [-0.3, -0.25) is 20.2 Å². The van der Waals surface area contributed by atoms with E-state index in [0.717, 1.165) is 12.1 Å². The van der Waals surface area contributed by atoms with Crippen LogP contribution in [-0.2, 0) is 6.42 Å². The van der Waals surface area contributed by atoms with Crippen molar-refractivity contribution in [3.8, 4) is 11.5 Å². The standard InChI is InChI=1S/C13H8Cl2N2O6/c14-8-2-6(12(18)10(4-8)16(20)21)1-7-3-9(15)5-11(13(7)19)17(22)23/h2-5,18-19H,1H2/p-2. The highest BCUT2D eigenvalue weighted by molar-refractivity contribution is 6.31. The van der Waals surface area contributed by atoms with Gasteiger partial charge in [-0.15, -0.1) is 0 Å². The van der Waals surface area contributed by atoms with Crippen LogP contribution in [0.1, 0.15) is 11.1 Å². The lowest BCUT2D eigenvalue weighted by molar-refractivity contribution is -0.398. The van der Waals surface area contributed by atoms with E-state index in [2.05, 4.69) is 0 Å². The Kier molecular flexibility index (Phi) is 4.57. The van der Waals surface area contributed by atoms with Crippen molar-refractivity contribution in [2.75, 3.05) is 0 Å². The number of hydrogen-bond donors (Lipinski definition) is 0. The number of nitro benzene ring substituents is 2. The summed E-state index contributed by atoms with van der Waals surface area (Å²) in [6, 6.07) is 4.13. The average molecular weight is 357 g/mol. The highest BCUT2D eigenvalue weighted by atomic mass is 35.5. The molecule has 0 saturated heterocycles. The van der Waals surface area contributed by atoms with E-state index in [1.807, 2.05) is 0 Å². The lowest BCUT2D eigenvalue weighted by Gasteiger charge is -2.18. The first-order chi connectivity index (χ1) is 10.7. The first-order valence-corrected chi connectivity index (χ1v) is 6.74. The normalized spacial score (nSPS) is 10.5. The third-order valence-corrected chi connectivity index (χ3v) is 3.43. The molecule has 0 fully saturated rings. The Morgan fingerprint density at radius 1 is 0.783 bits per heavy atom. The van der Waals surface area contributed by atoms with Crippen LogP contribution in [-0.4, -0.2) is 9.85 Å². The minimum atomic E-state index is -0.915. The number of halogens is 2. The van der Waals surface area contributed by atoms with Crippen LogP contribution in [0.2, 0.25) is 10.0 Å². The Balaban J connectivity index is 2.56. The summed E-state index contributed by atoms with van der Waals surface area (Å²) in [6.45, 7) is 0. The summed E-state index contributed by atoms with van der Waals surface area (Å²) in [5.74, 6) is -1.83. The van der Waals surface area contributed by atoms with Gasteiger partial charge in [0.25, 0.3) is 11.4 Å². The number of nitrogens with zero attached hydrogens (tertiary/aromatic N) is 2. The monoisotopic (exact) mass is 356 g/mol. The van der Waals surface area contributed by atoms with Crippen LogP contribution in [0.4, 0.5) is 11.4 Å². The third-order valence-electron chi connectivity index (χ3n) is 3.00. The largest absolute Gasteiger partial charge is 0.868 e. The maximum atomic E-state index is 12.0. The molecule has 2 rings (SSSR count). The summed E-state index contributed by atoms with van der Waals surface area (Å²) in [4.78, 5) is 19.9. The lowest BCUT2D eigenvalue weighted by Crippen LogP contribution is -2.06. The van der Waals surface area contributed by atoms with E-state index in [1.54, 1.807) is 0 Å². The van der Waals surface area contributed by atoms with Crippen LogP contribution in [0, 0.1) is 20.2 Å². The molecule has 0 spiro atoms. The van der Waals surface area contributed by atoms with E-state index in [9.17, 15) is 30.4 Å². The predicted molar refractivity (Wildman–Crippen MR) is 77.9 cm³/mol. The summed E-state index contributed by atoms with van der Waals surface area (Å²) in [5, 5.41) is 45.5. The first-order valence-electron chi connectivity index (χ1n) is 5.98. The molecule has 2 aromatic carbocycles. The second-order valence-electron chi connectivity index (χ2n) is 4.52. The van der Waals surface area contributed by atoms with Crippen LogP contribution in [0.3, 0.4) is 0 Å². The minimum Gasteiger partial charge on any atom is -0.868 e. The fraction of sp³-hybridized carbons (Fsp3) is 0.0769. The molecule has 0 aliphatic heterocycles. The zero-order chi connectivity index (χ0) is 17.3. The summed E-state index contributed by atoms with van der Waals surface area (Å²) in [6.07, 6.45) is -0.361. The van der Waals surface area contributed by atoms with Gasteiger partial charge in [0.15, 0.2) is 0 Å². The van der Waals surface area contributed by atoms with Crippen molar-refractivity contribution in [1.82, 2.24) is 0 Å². The van der Waals surface area contributed by atoms with E-state index < -0.39 is 32.7 Å². The molecule has 120 valence electrons. The maximum Gasteiger partial charge on any atom is 0.263 e. The first kappa shape index (κ1) is 16.8. The maximum absolute atomic E-state index is 12.0. The molecule has 0 radical (unpaired) electrons. The smallest absolute Gasteiger partial charge is 0.263 e. The molecule has 8 nitrogen and oxygen atoms in total. The Labute approximate surface area is 138 Å². The molecule has 0 aliphatic rings. The van der Waals surface area contributed by atoms with Gasteiger partial charge in [-0.05, 0) is 41.2 Å². The number of benzene rings is 2. The number of nitro groups is 2. The van der Waals surface area contributed by atoms with Crippen molar-refractivity contribution >= 4 is 34.6 Å². The zero-order valence-electron chi connectivity index (χ0n) is 11.1. The van der Waals surface area contributed by atoms with Crippen molar-refractivity contribution in [3.63, 3.8) is 0 Å². The molecule has 0 heterocycles. The minimum absolute atomic E-state index is 0.0599. The van der Waals surface area contributed by atoms with Crippen LogP contribution in [0.5, 0.6) is 11.5 Å². The topological polar surface area (TPSA) is 132 Å².